The summed E-state index contributed by atoms with van der Waals surface area (Å²) < 4.78 is 26.5. The number of rotatable bonds is 5. The van der Waals surface area contributed by atoms with Crippen molar-refractivity contribution in [3.63, 3.8) is 0 Å². The largest absolute Gasteiger partial charge is 0.481 e. The molecule has 1 aliphatic rings. The van der Waals surface area contributed by atoms with Gasteiger partial charge in [-0.1, -0.05) is 0 Å². The molecule has 22 heavy (non-hydrogen) atoms. The topological polar surface area (TPSA) is 104 Å². The minimum atomic E-state index is -3.75. The van der Waals surface area contributed by atoms with Crippen LogP contribution in [0.2, 0.25) is 0 Å². The quantitative estimate of drug-likeness (QED) is 0.830. The maximum absolute atomic E-state index is 12.1. The maximum atomic E-state index is 12.1. The predicted octanol–water partition coefficient (Wildman–Crippen LogP) is 0.737. The lowest BCUT2D eigenvalue weighted by atomic mass is 10.1. The number of carboxylic acids is 1. The molecule has 2 rings (SSSR count). The van der Waals surface area contributed by atoms with Crippen LogP contribution in [0, 0.1) is 0 Å². The van der Waals surface area contributed by atoms with E-state index in [4.69, 9.17) is 5.11 Å². The van der Waals surface area contributed by atoms with E-state index in [1.54, 1.807) is 11.0 Å². The molecule has 0 saturated carbocycles. The van der Waals surface area contributed by atoms with Crippen molar-refractivity contribution in [2.45, 2.75) is 37.6 Å². The number of carbonyl (C=O) groups excluding carboxylic acids is 1. The third kappa shape index (κ3) is 3.28. The number of benzene rings is 1. The van der Waals surface area contributed by atoms with Gasteiger partial charge < -0.3 is 10.0 Å². The molecule has 1 atom stereocenters. The summed E-state index contributed by atoms with van der Waals surface area (Å²) in [6.07, 6.45) is 0.312. The molecule has 0 spiro atoms. The molecular formula is C14H18N2O5S. The van der Waals surface area contributed by atoms with Gasteiger partial charge in [0, 0.05) is 25.2 Å². The van der Waals surface area contributed by atoms with Crippen molar-refractivity contribution in [2.24, 2.45) is 0 Å². The highest BCUT2D eigenvalue weighted by Crippen LogP contribution is 2.33. The number of anilines is 1. The summed E-state index contributed by atoms with van der Waals surface area (Å²) in [5.74, 6) is -1.15. The molecular weight excluding hydrogens is 308 g/mol. The van der Waals surface area contributed by atoms with Crippen LogP contribution in [-0.4, -0.2) is 38.0 Å². The molecule has 0 bridgehead atoms. The zero-order valence-corrected chi connectivity index (χ0v) is 13.2. The Bertz CT molecular complexity index is 714. The van der Waals surface area contributed by atoms with Crippen LogP contribution >= 0.6 is 0 Å². The fraction of sp³-hybridized carbons (Fsp3) is 0.429. The highest BCUT2D eigenvalue weighted by molar-refractivity contribution is 7.89. The fourth-order valence-corrected chi connectivity index (χ4v) is 3.71. The van der Waals surface area contributed by atoms with Gasteiger partial charge in [0.25, 0.3) is 0 Å². The summed E-state index contributed by atoms with van der Waals surface area (Å²) in [5.41, 5.74) is 1.52. The lowest BCUT2D eigenvalue weighted by Gasteiger charge is -2.20. The third-order valence-electron chi connectivity index (χ3n) is 3.55. The molecule has 1 aromatic rings. The number of carboxylic acid groups (broad SMARTS) is 1. The van der Waals surface area contributed by atoms with Crippen molar-refractivity contribution in [1.82, 2.24) is 4.72 Å². The van der Waals surface area contributed by atoms with Crippen LogP contribution in [0.15, 0.2) is 23.1 Å². The molecule has 0 radical (unpaired) electrons. The Labute approximate surface area is 129 Å². The van der Waals surface area contributed by atoms with Crippen molar-refractivity contribution in [1.29, 1.82) is 0 Å². The number of aliphatic carboxylic acids is 1. The minimum Gasteiger partial charge on any atom is -0.481 e. The monoisotopic (exact) mass is 326 g/mol. The zero-order valence-electron chi connectivity index (χ0n) is 12.4. The second kappa shape index (κ2) is 6.05. The Morgan fingerprint density at radius 1 is 1.41 bits per heavy atom. The van der Waals surface area contributed by atoms with Crippen molar-refractivity contribution in [3.8, 4) is 0 Å². The molecule has 7 nitrogen and oxygen atoms in total. The number of sulfonamides is 1. The summed E-state index contributed by atoms with van der Waals surface area (Å²) in [4.78, 5) is 23.8. The van der Waals surface area contributed by atoms with E-state index < -0.39 is 16.0 Å². The molecule has 0 aliphatic carbocycles. The standard InChI is InChI=1S/C14H18N2O5S/c1-9-7-11-8-12(3-4-13(11)16(9)10(2)17)22(20,21)15-6-5-14(18)19/h3-4,8-9,15H,5-7H2,1-2H3,(H,18,19)/t9-/m1/s1. The molecule has 1 aromatic carbocycles. The van der Waals surface area contributed by atoms with E-state index in [-0.39, 0.29) is 29.8 Å². The Morgan fingerprint density at radius 2 is 2.09 bits per heavy atom. The first-order chi connectivity index (χ1) is 10.2. The third-order valence-corrected chi connectivity index (χ3v) is 5.01. The first kappa shape index (κ1) is 16.4. The van der Waals surface area contributed by atoms with Crippen LogP contribution < -0.4 is 9.62 Å². The number of nitrogens with one attached hydrogen (secondary N) is 1. The molecule has 0 fully saturated rings. The summed E-state index contributed by atoms with van der Waals surface area (Å²) in [7, 11) is -3.75. The Balaban J connectivity index is 2.24. The molecule has 0 unspecified atom stereocenters. The molecule has 0 aromatic heterocycles. The van der Waals surface area contributed by atoms with E-state index in [1.807, 2.05) is 6.92 Å². The van der Waals surface area contributed by atoms with E-state index in [1.165, 1.54) is 19.1 Å². The first-order valence-electron chi connectivity index (χ1n) is 6.86. The Kier molecular flexibility index (Phi) is 4.52. The average molecular weight is 326 g/mol. The molecule has 1 heterocycles. The molecule has 0 saturated heterocycles. The van der Waals surface area contributed by atoms with Gasteiger partial charge >= 0.3 is 5.97 Å². The number of hydrogen-bond donors (Lipinski definition) is 2. The number of carbonyl (C=O) groups is 2. The van der Waals surface area contributed by atoms with Gasteiger partial charge in [-0.15, -0.1) is 0 Å². The predicted molar refractivity (Wildman–Crippen MR) is 80.2 cm³/mol. The second-order valence-electron chi connectivity index (χ2n) is 5.27. The molecule has 8 heteroatoms. The van der Waals surface area contributed by atoms with Crippen LogP contribution in [0.25, 0.3) is 0 Å². The van der Waals surface area contributed by atoms with Crippen molar-refractivity contribution in [2.75, 3.05) is 11.4 Å². The van der Waals surface area contributed by atoms with Crippen molar-refractivity contribution in [3.05, 3.63) is 23.8 Å². The fourth-order valence-electron chi connectivity index (χ4n) is 2.63. The summed E-state index contributed by atoms with van der Waals surface area (Å²) in [6, 6.07) is 4.57. The summed E-state index contributed by atoms with van der Waals surface area (Å²) in [5, 5.41) is 8.55. The molecule has 1 amide bonds. The molecule has 2 N–H and O–H groups in total. The van der Waals surface area contributed by atoms with E-state index in [0.717, 1.165) is 11.3 Å². The average Bonchev–Trinajstić information content (AvgIpc) is 2.72. The summed E-state index contributed by atoms with van der Waals surface area (Å²) >= 11 is 0. The van der Waals surface area contributed by atoms with Gasteiger partial charge in [-0.05, 0) is 37.1 Å². The van der Waals surface area contributed by atoms with E-state index in [9.17, 15) is 18.0 Å². The highest BCUT2D eigenvalue weighted by atomic mass is 32.2. The van der Waals surface area contributed by atoms with Gasteiger partial charge in [-0.25, -0.2) is 13.1 Å². The normalized spacial score (nSPS) is 17.4. The zero-order chi connectivity index (χ0) is 16.5. The van der Waals surface area contributed by atoms with E-state index in [2.05, 4.69) is 4.72 Å². The second-order valence-corrected chi connectivity index (χ2v) is 7.04. The number of fused-ring (bicyclic) bond motifs is 1. The Hall–Kier alpha value is -1.93. The van der Waals surface area contributed by atoms with E-state index in [0.29, 0.717) is 6.42 Å². The van der Waals surface area contributed by atoms with Crippen molar-refractivity contribution < 1.29 is 23.1 Å². The van der Waals surface area contributed by atoms with Gasteiger partial charge in [0.1, 0.15) is 0 Å². The first-order valence-corrected chi connectivity index (χ1v) is 8.35. The van der Waals surface area contributed by atoms with Gasteiger partial charge in [0.05, 0.1) is 11.3 Å². The van der Waals surface area contributed by atoms with Crippen molar-refractivity contribution >= 4 is 27.6 Å². The number of amides is 1. The van der Waals surface area contributed by atoms with Gasteiger partial charge in [-0.3, -0.25) is 9.59 Å². The maximum Gasteiger partial charge on any atom is 0.304 e. The minimum absolute atomic E-state index is 0.00887. The smallest absolute Gasteiger partial charge is 0.304 e. The number of hydrogen-bond acceptors (Lipinski definition) is 4. The number of nitrogens with zero attached hydrogens (tertiary/aromatic N) is 1. The molecule has 120 valence electrons. The van der Waals surface area contributed by atoms with Crippen LogP contribution in [0.5, 0.6) is 0 Å². The lowest BCUT2D eigenvalue weighted by molar-refractivity contribution is -0.136. The molecule has 1 aliphatic heterocycles. The summed E-state index contributed by atoms with van der Waals surface area (Å²) in [6.45, 7) is 3.22. The Morgan fingerprint density at radius 3 is 2.68 bits per heavy atom. The van der Waals surface area contributed by atoms with Crippen LogP contribution in [0.4, 0.5) is 5.69 Å². The van der Waals surface area contributed by atoms with Gasteiger partial charge in [0.15, 0.2) is 0 Å². The van der Waals surface area contributed by atoms with Crippen LogP contribution in [0.3, 0.4) is 0 Å². The van der Waals surface area contributed by atoms with Crippen LogP contribution in [-0.2, 0) is 26.0 Å². The lowest BCUT2D eigenvalue weighted by Crippen LogP contribution is -2.33. The highest BCUT2D eigenvalue weighted by Gasteiger charge is 2.30. The van der Waals surface area contributed by atoms with Crippen LogP contribution in [0.1, 0.15) is 25.8 Å². The SMILES string of the molecule is CC(=O)N1c2ccc(S(=O)(=O)NCCC(=O)O)cc2C[C@H]1C. The van der Waals surface area contributed by atoms with E-state index >= 15 is 0 Å². The van der Waals surface area contributed by atoms with Gasteiger partial charge in [0.2, 0.25) is 15.9 Å². The van der Waals surface area contributed by atoms with Gasteiger partial charge in [-0.2, -0.15) is 0 Å².